The summed E-state index contributed by atoms with van der Waals surface area (Å²) in [5.41, 5.74) is 1.21. The van der Waals surface area contributed by atoms with Gasteiger partial charge in [0.15, 0.2) is 0 Å². The molecule has 0 radical (unpaired) electrons. The topological polar surface area (TPSA) is 73.2 Å². The molecule has 3 rings (SSSR count). The van der Waals surface area contributed by atoms with Crippen LogP contribution in [0.25, 0.3) is 0 Å². The number of anilines is 1. The van der Waals surface area contributed by atoms with Gasteiger partial charge in [-0.25, -0.2) is 0 Å². The van der Waals surface area contributed by atoms with Crippen molar-refractivity contribution in [3.05, 3.63) is 74.7 Å². The zero-order valence-electron chi connectivity index (χ0n) is 14.8. The van der Waals surface area contributed by atoms with Gasteiger partial charge < -0.3 is 5.32 Å². The Labute approximate surface area is 176 Å². The van der Waals surface area contributed by atoms with E-state index < -0.39 is 11.2 Å². The first-order chi connectivity index (χ1) is 13.5. The molecule has 5 nitrogen and oxygen atoms in total. The summed E-state index contributed by atoms with van der Waals surface area (Å²) in [4.78, 5) is 26.8. The molecule has 1 heterocycles. The third-order valence-corrected chi connectivity index (χ3v) is 6.03. The Morgan fingerprint density at radius 1 is 1.25 bits per heavy atom. The van der Waals surface area contributed by atoms with Crippen molar-refractivity contribution in [2.24, 2.45) is 0 Å². The van der Waals surface area contributed by atoms with Crippen molar-refractivity contribution < 1.29 is 9.59 Å². The van der Waals surface area contributed by atoms with Gasteiger partial charge in [-0.1, -0.05) is 53.2 Å². The Balaban J connectivity index is 2.05. The van der Waals surface area contributed by atoms with E-state index in [1.807, 2.05) is 12.1 Å². The molecule has 0 spiro atoms. The van der Waals surface area contributed by atoms with Gasteiger partial charge in [0.2, 0.25) is 5.91 Å². The maximum atomic E-state index is 13.2. The van der Waals surface area contributed by atoms with Crippen LogP contribution in [0.5, 0.6) is 0 Å². The first-order valence-corrected chi connectivity index (χ1v) is 9.96. The van der Waals surface area contributed by atoms with E-state index in [1.54, 1.807) is 42.5 Å². The lowest BCUT2D eigenvalue weighted by Gasteiger charge is -2.18. The molecule has 28 heavy (non-hydrogen) atoms. The highest BCUT2D eigenvalue weighted by molar-refractivity contribution is 8.05. The number of nitriles is 1. The van der Waals surface area contributed by atoms with Crippen LogP contribution < -0.4 is 10.2 Å². The van der Waals surface area contributed by atoms with Gasteiger partial charge in [-0.3, -0.25) is 14.5 Å². The van der Waals surface area contributed by atoms with Crippen molar-refractivity contribution in [3.63, 3.8) is 0 Å². The van der Waals surface area contributed by atoms with Crippen LogP contribution in [-0.2, 0) is 16.0 Å². The molecule has 2 aromatic carbocycles. The van der Waals surface area contributed by atoms with Crippen LogP contribution in [0.3, 0.4) is 0 Å². The molecular formula is C20H15Cl2N3O2S. The number of hydrogen-bond acceptors (Lipinski definition) is 4. The second-order valence-electron chi connectivity index (χ2n) is 5.93. The van der Waals surface area contributed by atoms with E-state index in [2.05, 4.69) is 5.32 Å². The van der Waals surface area contributed by atoms with E-state index in [1.165, 1.54) is 23.7 Å². The molecule has 2 amide bonds. The van der Waals surface area contributed by atoms with Crippen LogP contribution in [0.15, 0.2) is 59.1 Å². The number of nitrogens with zero attached hydrogens (tertiary/aromatic N) is 2. The van der Waals surface area contributed by atoms with E-state index in [0.717, 1.165) is 5.56 Å². The van der Waals surface area contributed by atoms with E-state index in [9.17, 15) is 14.9 Å². The lowest BCUT2D eigenvalue weighted by Crippen LogP contribution is -2.31. The van der Waals surface area contributed by atoms with Crippen molar-refractivity contribution in [1.82, 2.24) is 5.32 Å². The summed E-state index contributed by atoms with van der Waals surface area (Å²) in [5, 5.41) is 12.8. The van der Waals surface area contributed by atoms with E-state index in [0.29, 0.717) is 27.2 Å². The predicted molar refractivity (Wildman–Crippen MR) is 112 cm³/mol. The number of amides is 2. The number of hydrogen-bond donors (Lipinski definition) is 1. The van der Waals surface area contributed by atoms with Crippen molar-refractivity contribution in [1.29, 1.82) is 5.26 Å². The number of nitrogens with one attached hydrogen (secondary N) is 1. The Morgan fingerprint density at radius 2 is 1.96 bits per heavy atom. The number of carbonyl (C=O) groups is 2. The van der Waals surface area contributed by atoms with Gasteiger partial charge >= 0.3 is 0 Å². The molecule has 1 atom stereocenters. The molecule has 1 unspecified atom stereocenters. The minimum Gasteiger partial charge on any atom is -0.354 e. The number of halogens is 2. The summed E-state index contributed by atoms with van der Waals surface area (Å²) >= 11 is 13.5. The molecule has 8 heteroatoms. The predicted octanol–water partition coefficient (Wildman–Crippen LogP) is 4.17. The largest absolute Gasteiger partial charge is 0.354 e. The first kappa shape index (κ1) is 20.3. The number of rotatable bonds is 4. The van der Waals surface area contributed by atoms with Crippen molar-refractivity contribution in [2.75, 3.05) is 11.9 Å². The molecule has 2 aromatic rings. The SMILES string of the molecule is CNC(=O)/C(C#N)=C1\SC(Cc2cc(Cl)ccc2Cl)C(=O)N1c1ccccc1. The van der Waals surface area contributed by atoms with Gasteiger partial charge in [0, 0.05) is 22.8 Å². The second-order valence-corrected chi connectivity index (χ2v) is 7.96. The lowest BCUT2D eigenvalue weighted by atomic mass is 10.1. The molecule has 0 bridgehead atoms. The molecule has 0 aromatic heterocycles. The molecule has 1 N–H and O–H groups in total. The molecule has 142 valence electrons. The van der Waals surface area contributed by atoms with Gasteiger partial charge in [-0.2, -0.15) is 5.26 Å². The maximum Gasteiger partial charge on any atom is 0.264 e. The Kier molecular flexibility index (Phi) is 6.30. The molecule has 1 aliphatic rings. The number of thioether (sulfide) groups is 1. The van der Waals surface area contributed by atoms with Crippen LogP contribution in [-0.4, -0.2) is 24.1 Å². The fourth-order valence-electron chi connectivity index (χ4n) is 2.82. The highest BCUT2D eigenvalue weighted by Gasteiger charge is 2.40. The van der Waals surface area contributed by atoms with E-state index >= 15 is 0 Å². The van der Waals surface area contributed by atoms with Crippen LogP contribution >= 0.6 is 35.0 Å². The monoisotopic (exact) mass is 431 g/mol. The number of para-hydroxylation sites is 1. The third-order valence-electron chi connectivity index (χ3n) is 4.16. The van der Waals surface area contributed by atoms with Gasteiger partial charge in [-0.15, -0.1) is 0 Å². The van der Waals surface area contributed by atoms with Crippen molar-refractivity contribution in [2.45, 2.75) is 11.7 Å². The van der Waals surface area contributed by atoms with Crippen LogP contribution in [0.4, 0.5) is 5.69 Å². The summed E-state index contributed by atoms with van der Waals surface area (Å²) in [6, 6.07) is 15.9. The molecule has 1 saturated heterocycles. The average molecular weight is 432 g/mol. The van der Waals surface area contributed by atoms with Gasteiger partial charge in [0.05, 0.1) is 5.25 Å². The first-order valence-electron chi connectivity index (χ1n) is 8.32. The zero-order chi connectivity index (χ0) is 20.3. The molecule has 0 aliphatic carbocycles. The van der Waals surface area contributed by atoms with Crippen LogP contribution in [0.2, 0.25) is 10.0 Å². The normalized spacial score (nSPS) is 18.0. The minimum absolute atomic E-state index is 0.107. The molecule has 1 aliphatic heterocycles. The third kappa shape index (κ3) is 4.02. The highest BCUT2D eigenvalue weighted by Crippen LogP contribution is 2.42. The lowest BCUT2D eigenvalue weighted by molar-refractivity contribution is -0.117. The summed E-state index contributed by atoms with van der Waals surface area (Å²) < 4.78 is 0. The zero-order valence-corrected chi connectivity index (χ0v) is 17.1. The van der Waals surface area contributed by atoms with E-state index in [-0.39, 0.29) is 11.5 Å². The summed E-state index contributed by atoms with van der Waals surface area (Å²) in [6.45, 7) is 0. The molecule has 0 saturated carbocycles. The maximum absolute atomic E-state index is 13.2. The van der Waals surface area contributed by atoms with E-state index in [4.69, 9.17) is 23.2 Å². The summed E-state index contributed by atoms with van der Waals surface area (Å²) in [5.74, 6) is -0.765. The second kappa shape index (κ2) is 8.70. The number of benzene rings is 2. The molecular weight excluding hydrogens is 417 g/mol. The van der Waals surface area contributed by atoms with Gasteiger partial charge in [0.25, 0.3) is 5.91 Å². The Hall–Kier alpha value is -2.46. The Morgan fingerprint density at radius 3 is 2.61 bits per heavy atom. The fraction of sp³-hybridized carbons (Fsp3) is 0.150. The fourth-order valence-corrected chi connectivity index (χ4v) is 4.51. The van der Waals surface area contributed by atoms with Gasteiger partial charge in [0.1, 0.15) is 16.7 Å². The standard InChI is InChI=1S/C20H15Cl2N3O2S/c1-24-18(26)15(11-23)20-25(14-5-3-2-4-6-14)19(27)17(28-20)10-12-9-13(21)7-8-16(12)22/h2-9,17H,10H2,1H3,(H,24,26)/b20-15-. The summed E-state index contributed by atoms with van der Waals surface area (Å²) in [6.07, 6.45) is 0.322. The molecule has 1 fully saturated rings. The number of carbonyl (C=O) groups excluding carboxylic acids is 2. The van der Waals surface area contributed by atoms with Gasteiger partial charge in [-0.05, 0) is 42.3 Å². The minimum atomic E-state index is -0.542. The number of likely N-dealkylation sites (N-methyl/N-ethyl adjacent to an activating group) is 1. The van der Waals surface area contributed by atoms with Crippen LogP contribution in [0.1, 0.15) is 5.56 Å². The van der Waals surface area contributed by atoms with Crippen LogP contribution in [0, 0.1) is 11.3 Å². The smallest absolute Gasteiger partial charge is 0.264 e. The van der Waals surface area contributed by atoms with Crippen molar-refractivity contribution in [3.8, 4) is 6.07 Å². The Bertz CT molecular complexity index is 1000. The summed E-state index contributed by atoms with van der Waals surface area (Å²) in [7, 11) is 1.44. The quantitative estimate of drug-likeness (QED) is 0.582. The van der Waals surface area contributed by atoms with Crippen molar-refractivity contribution >= 4 is 52.5 Å². The average Bonchev–Trinajstić information content (AvgIpc) is 3.01. The highest BCUT2D eigenvalue weighted by atomic mass is 35.5.